The predicted octanol–water partition coefficient (Wildman–Crippen LogP) is 5.10. The minimum absolute atomic E-state index is 0.0244. The van der Waals surface area contributed by atoms with E-state index in [0.717, 1.165) is 11.1 Å². The van der Waals surface area contributed by atoms with Crippen molar-refractivity contribution in [1.29, 1.82) is 0 Å². The van der Waals surface area contributed by atoms with Crippen LogP contribution in [0.5, 0.6) is 11.6 Å². The number of likely N-dealkylation sites (tertiary alicyclic amines) is 1. The summed E-state index contributed by atoms with van der Waals surface area (Å²) in [6.07, 6.45) is 2.32. The van der Waals surface area contributed by atoms with Crippen LogP contribution in [0.1, 0.15) is 39.9 Å². The first-order valence-electron chi connectivity index (χ1n) is 12.6. The molecule has 2 amide bonds. The first-order chi connectivity index (χ1) is 18.7. The number of ether oxygens (including phenoxy) is 2. The second-order valence-corrected chi connectivity index (χ2v) is 10.4. The Labute approximate surface area is 230 Å². The van der Waals surface area contributed by atoms with Crippen LogP contribution in [0.25, 0.3) is 0 Å². The van der Waals surface area contributed by atoms with E-state index in [1.165, 1.54) is 44.7 Å². The van der Waals surface area contributed by atoms with E-state index in [1.807, 2.05) is 6.92 Å². The molecule has 0 aliphatic carbocycles. The molecule has 3 aromatic rings. The number of amides is 2. The normalized spacial score (nSPS) is 15.8. The smallest absolute Gasteiger partial charge is 0.259 e. The van der Waals surface area contributed by atoms with Gasteiger partial charge in [0.1, 0.15) is 5.82 Å². The van der Waals surface area contributed by atoms with Gasteiger partial charge in [-0.25, -0.2) is 13.8 Å². The van der Waals surface area contributed by atoms with Gasteiger partial charge in [-0.05, 0) is 61.7 Å². The molecule has 0 N–H and O–H groups in total. The molecule has 0 unspecified atom stereocenters. The second kappa shape index (κ2) is 10.4. The number of halogens is 3. The van der Waals surface area contributed by atoms with Crippen molar-refractivity contribution < 1.29 is 27.8 Å². The third-order valence-corrected chi connectivity index (χ3v) is 8.12. The average Bonchev–Trinajstić information content (AvgIpc) is 3.23. The lowest BCUT2D eigenvalue weighted by atomic mass is 9.74. The standard InChI is InChI=1S/C29H28ClF2N3O4/c1-17-12-18(15-33-27(17)39-3)28(37)35-16-29(21-13-19(31)4-6-23(21)35)8-10-34(11-9-29)25(36)14-20-22(30)5-7-24(38-2)26(20)32/h4-7,12-13,15H,8-11,14,16H2,1-3H3. The molecule has 3 heterocycles. The fraction of sp³-hybridized carbons (Fsp3) is 0.345. The molecule has 1 saturated heterocycles. The average molecular weight is 556 g/mol. The number of methoxy groups -OCH3 is 2. The zero-order valence-corrected chi connectivity index (χ0v) is 22.6. The summed E-state index contributed by atoms with van der Waals surface area (Å²) in [6.45, 7) is 2.93. The minimum atomic E-state index is -0.649. The molecule has 0 saturated carbocycles. The number of aromatic nitrogens is 1. The van der Waals surface area contributed by atoms with Gasteiger partial charge in [0.05, 0.1) is 26.2 Å². The molecule has 204 valence electrons. The molecule has 1 spiro atoms. The van der Waals surface area contributed by atoms with Crippen molar-refractivity contribution in [2.75, 3.05) is 38.8 Å². The van der Waals surface area contributed by atoms with E-state index in [4.69, 9.17) is 21.1 Å². The quantitative estimate of drug-likeness (QED) is 0.438. The lowest BCUT2D eigenvalue weighted by molar-refractivity contribution is -0.132. The summed E-state index contributed by atoms with van der Waals surface area (Å²) in [5.41, 5.74) is 2.12. The Balaban J connectivity index is 1.36. The van der Waals surface area contributed by atoms with Crippen LogP contribution < -0.4 is 14.4 Å². The Morgan fingerprint density at radius 1 is 1.08 bits per heavy atom. The summed E-state index contributed by atoms with van der Waals surface area (Å²) in [5, 5.41) is 0.160. The van der Waals surface area contributed by atoms with Crippen LogP contribution in [-0.2, 0) is 16.6 Å². The molecule has 2 aromatic carbocycles. The zero-order valence-electron chi connectivity index (χ0n) is 21.9. The van der Waals surface area contributed by atoms with E-state index in [2.05, 4.69) is 4.98 Å². The van der Waals surface area contributed by atoms with E-state index in [9.17, 15) is 18.4 Å². The summed E-state index contributed by atoms with van der Waals surface area (Å²) < 4.78 is 39.4. The first-order valence-corrected chi connectivity index (χ1v) is 13.0. The van der Waals surface area contributed by atoms with Gasteiger partial charge in [0, 0.05) is 53.1 Å². The second-order valence-electron chi connectivity index (χ2n) is 9.98. The van der Waals surface area contributed by atoms with Crippen LogP contribution >= 0.6 is 11.6 Å². The highest BCUT2D eigenvalue weighted by molar-refractivity contribution is 6.31. The molecule has 1 fully saturated rings. The number of nitrogens with zero attached hydrogens (tertiary/aromatic N) is 3. The summed E-state index contributed by atoms with van der Waals surface area (Å²) in [4.78, 5) is 34.3. The van der Waals surface area contributed by atoms with Gasteiger partial charge in [0.25, 0.3) is 5.91 Å². The lowest BCUT2D eigenvalue weighted by Crippen LogP contribution is -2.48. The highest BCUT2D eigenvalue weighted by Gasteiger charge is 2.47. The third-order valence-electron chi connectivity index (χ3n) is 7.77. The minimum Gasteiger partial charge on any atom is -0.494 e. The maximum Gasteiger partial charge on any atom is 0.259 e. The molecule has 2 aliphatic rings. The highest BCUT2D eigenvalue weighted by atomic mass is 35.5. The number of hydrogen-bond acceptors (Lipinski definition) is 5. The topological polar surface area (TPSA) is 72.0 Å². The number of carbonyl (C=O) groups excluding carboxylic acids is 2. The zero-order chi connectivity index (χ0) is 27.9. The Hall–Kier alpha value is -3.72. The summed E-state index contributed by atoms with van der Waals surface area (Å²) in [5.74, 6) is -1.06. The fourth-order valence-electron chi connectivity index (χ4n) is 5.64. The number of piperidine rings is 1. The van der Waals surface area contributed by atoms with Crippen molar-refractivity contribution in [3.63, 3.8) is 0 Å². The summed E-state index contributed by atoms with van der Waals surface area (Å²) in [6, 6.07) is 9.12. The van der Waals surface area contributed by atoms with E-state index < -0.39 is 11.2 Å². The van der Waals surface area contributed by atoms with Gasteiger partial charge in [-0.2, -0.15) is 0 Å². The van der Waals surface area contributed by atoms with Gasteiger partial charge < -0.3 is 19.3 Å². The fourth-order valence-corrected chi connectivity index (χ4v) is 5.85. The highest BCUT2D eigenvalue weighted by Crippen LogP contribution is 2.48. The van der Waals surface area contributed by atoms with Gasteiger partial charge in [0.2, 0.25) is 11.8 Å². The number of benzene rings is 2. The van der Waals surface area contributed by atoms with Crippen molar-refractivity contribution in [2.24, 2.45) is 0 Å². The molecular formula is C29H28ClF2N3O4. The molecule has 39 heavy (non-hydrogen) atoms. The number of rotatable bonds is 5. The van der Waals surface area contributed by atoms with Crippen LogP contribution in [0.4, 0.5) is 14.5 Å². The van der Waals surface area contributed by atoms with Crippen molar-refractivity contribution in [3.8, 4) is 11.6 Å². The molecule has 0 bridgehead atoms. The Kier molecular flexibility index (Phi) is 7.20. The Morgan fingerprint density at radius 3 is 2.49 bits per heavy atom. The number of carbonyl (C=O) groups is 2. The molecule has 10 heteroatoms. The third kappa shape index (κ3) is 4.80. The van der Waals surface area contributed by atoms with E-state index in [-0.39, 0.29) is 40.4 Å². The monoisotopic (exact) mass is 555 g/mol. The van der Waals surface area contributed by atoms with Gasteiger partial charge >= 0.3 is 0 Å². The van der Waals surface area contributed by atoms with Crippen LogP contribution in [-0.4, -0.2) is 55.6 Å². The van der Waals surface area contributed by atoms with Crippen molar-refractivity contribution in [3.05, 3.63) is 81.5 Å². The Morgan fingerprint density at radius 2 is 1.82 bits per heavy atom. The predicted molar refractivity (Wildman–Crippen MR) is 143 cm³/mol. The number of fused-ring (bicyclic) bond motifs is 2. The van der Waals surface area contributed by atoms with Crippen molar-refractivity contribution >= 4 is 29.1 Å². The molecule has 0 radical (unpaired) electrons. The lowest BCUT2D eigenvalue weighted by Gasteiger charge is -2.40. The largest absolute Gasteiger partial charge is 0.494 e. The molecule has 1 aromatic heterocycles. The summed E-state index contributed by atoms with van der Waals surface area (Å²) in [7, 11) is 2.87. The SMILES string of the molecule is COc1ccc(Cl)c(CC(=O)N2CCC3(CC2)CN(C(=O)c2cnc(OC)c(C)c2)c2ccc(F)cc23)c1F. The number of hydrogen-bond donors (Lipinski definition) is 0. The first kappa shape index (κ1) is 26.9. The molecule has 7 nitrogen and oxygen atoms in total. The molecular weight excluding hydrogens is 528 g/mol. The van der Waals surface area contributed by atoms with Gasteiger partial charge in [-0.15, -0.1) is 0 Å². The van der Waals surface area contributed by atoms with Crippen molar-refractivity contribution in [1.82, 2.24) is 9.88 Å². The van der Waals surface area contributed by atoms with Crippen LogP contribution in [0, 0.1) is 18.6 Å². The van der Waals surface area contributed by atoms with Crippen LogP contribution in [0.15, 0.2) is 42.6 Å². The molecule has 2 aliphatic heterocycles. The van der Waals surface area contributed by atoms with E-state index in [1.54, 1.807) is 21.9 Å². The van der Waals surface area contributed by atoms with Crippen LogP contribution in [0.2, 0.25) is 5.02 Å². The molecule has 0 atom stereocenters. The van der Waals surface area contributed by atoms with Gasteiger partial charge in [-0.3, -0.25) is 9.59 Å². The maximum absolute atomic E-state index is 14.8. The van der Waals surface area contributed by atoms with E-state index >= 15 is 0 Å². The summed E-state index contributed by atoms with van der Waals surface area (Å²) >= 11 is 6.18. The maximum atomic E-state index is 14.8. The van der Waals surface area contributed by atoms with Crippen molar-refractivity contribution in [2.45, 2.75) is 31.6 Å². The number of pyridine rings is 1. The Bertz CT molecular complexity index is 1460. The number of aryl methyl sites for hydroxylation is 1. The number of anilines is 1. The van der Waals surface area contributed by atoms with Gasteiger partial charge in [0.15, 0.2) is 11.6 Å². The van der Waals surface area contributed by atoms with Gasteiger partial charge in [-0.1, -0.05) is 11.6 Å². The molecule has 5 rings (SSSR count). The van der Waals surface area contributed by atoms with E-state index in [0.29, 0.717) is 49.6 Å². The van der Waals surface area contributed by atoms with Crippen LogP contribution in [0.3, 0.4) is 0 Å².